The first-order valence-corrected chi connectivity index (χ1v) is 6.98. The number of hydrogen-bond donors (Lipinski definition) is 0. The Bertz CT molecular complexity index is 351. The van der Waals surface area contributed by atoms with Crippen LogP contribution in [0.15, 0.2) is 18.2 Å². The smallest absolute Gasteiger partial charge is 0.0156 e. The van der Waals surface area contributed by atoms with Gasteiger partial charge in [0, 0.05) is 0 Å². The van der Waals surface area contributed by atoms with Gasteiger partial charge < -0.3 is 0 Å². The van der Waals surface area contributed by atoms with Crippen LogP contribution in [-0.2, 0) is 6.42 Å². The summed E-state index contributed by atoms with van der Waals surface area (Å²) in [4.78, 5) is 0. The average molecular weight is 216 g/mol. The summed E-state index contributed by atoms with van der Waals surface area (Å²) in [6.07, 6.45) is 7.02. The quantitative estimate of drug-likeness (QED) is 0.570. The number of benzene rings is 1. The summed E-state index contributed by atoms with van der Waals surface area (Å²) in [5.74, 6) is 1.71. The molecule has 2 aliphatic carbocycles. The number of hydrogen-bond acceptors (Lipinski definition) is 0. The Morgan fingerprint density at radius 2 is 1.88 bits per heavy atom. The van der Waals surface area contributed by atoms with Gasteiger partial charge in [-0.2, -0.15) is 0 Å². The minimum absolute atomic E-state index is 0.805. The average Bonchev–Trinajstić information content (AvgIpc) is 2.37. The van der Waals surface area contributed by atoms with Gasteiger partial charge in [0.1, 0.15) is 0 Å². The van der Waals surface area contributed by atoms with Gasteiger partial charge in [0.15, 0.2) is 0 Å². The highest BCUT2D eigenvalue weighted by Gasteiger charge is 2.28. The Labute approximate surface area is 100 Å². The first kappa shape index (κ1) is 11.7. The molecule has 0 nitrogen and oxygen atoms in total. The second kappa shape index (κ2) is 5.03. The predicted octanol–water partition coefficient (Wildman–Crippen LogP) is 5.03. The van der Waals surface area contributed by atoms with Crippen LogP contribution in [0.25, 0.3) is 0 Å². The van der Waals surface area contributed by atoms with Crippen molar-refractivity contribution in [2.75, 3.05) is 0 Å². The van der Waals surface area contributed by atoms with E-state index in [0.29, 0.717) is 0 Å². The Kier molecular flexibility index (Phi) is 3.68. The van der Waals surface area contributed by atoms with E-state index in [1.165, 1.54) is 32.1 Å². The summed E-state index contributed by atoms with van der Waals surface area (Å²) in [5.41, 5.74) is 5.07. The van der Waals surface area contributed by atoms with E-state index in [-0.39, 0.29) is 0 Å². The van der Waals surface area contributed by atoms with Crippen LogP contribution < -0.4 is 0 Å². The summed E-state index contributed by atoms with van der Waals surface area (Å²) >= 11 is 0. The highest BCUT2D eigenvalue weighted by atomic mass is 14.3. The van der Waals surface area contributed by atoms with Crippen molar-refractivity contribution in [2.24, 2.45) is 0 Å². The Morgan fingerprint density at radius 3 is 2.69 bits per heavy atom. The summed E-state index contributed by atoms with van der Waals surface area (Å²) in [6.45, 7) is 6.39. The lowest BCUT2D eigenvalue weighted by Gasteiger charge is -2.35. The van der Waals surface area contributed by atoms with Crippen LogP contribution in [0.2, 0.25) is 0 Å². The molecule has 2 atom stereocenters. The van der Waals surface area contributed by atoms with E-state index >= 15 is 0 Å². The van der Waals surface area contributed by atoms with Crippen LogP contribution in [0, 0.1) is 0 Å². The Morgan fingerprint density at radius 1 is 1.06 bits per heavy atom. The molecule has 0 aliphatic heterocycles. The van der Waals surface area contributed by atoms with Crippen LogP contribution in [0.1, 0.15) is 75.0 Å². The molecule has 0 saturated carbocycles. The molecule has 0 bridgehead atoms. The first-order chi connectivity index (χ1) is 7.86. The van der Waals surface area contributed by atoms with E-state index in [2.05, 4.69) is 25.1 Å². The predicted molar refractivity (Wildman–Crippen MR) is 71.1 cm³/mol. The lowest BCUT2D eigenvalue weighted by atomic mass is 9.70. The zero-order valence-electron chi connectivity index (χ0n) is 10.9. The van der Waals surface area contributed by atoms with Crippen LogP contribution in [0.4, 0.5) is 0 Å². The molecule has 1 aromatic rings. The maximum Gasteiger partial charge on any atom is -0.0156 e. The van der Waals surface area contributed by atoms with E-state index < -0.39 is 0 Å². The van der Waals surface area contributed by atoms with Crippen LogP contribution in [-0.4, -0.2) is 0 Å². The summed E-state index contributed by atoms with van der Waals surface area (Å²) < 4.78 is 0. The molecule has 1 aromatic carbocycles. The molecule has 2 unspecified atom stereocenters. The minimum atomic E-state index is 0.805. The van der Waals surface area contributed by atoms with Crippen molar-refractivity contribution in [3.05, 3.63) is 34.9 Å². The van der Waals surface area contributed by atoms with Crippen molar-refractivity contribution >= 4 is 0 Å². The molecule has 0 amide bonds. The van der Waals surface area contributed by atoms with Gasteiger partial charge in [-0.05, 0) is 60.6 Å². The lowest BCUT2D eigenvalue weighted by Crippen LogP contribution is -2.18. The molecule has 16 heavy (non-hydrogen) atoms. The molecule has 0 N–H and O–H groups in total. The Hall–Kier alpha value is -0.780. The normalized spacial score (nSPS) is 26.4. The molecule has 0 fully saturated rings. The van der Waals surface area contributed by atoms with Crippen molar-refractivity contribution in [3.8, 4) is 0 Å². The zero-order chi connectivity index (χ0) is 11.5. The standard InChI is InChI=1S/C14H18.C2H6/c1-10-8-9-12-5-2-4-11-6-3-7-13(10)14(11)12;1-2/h3,6-7,10,12H,2,4-5,8-9H2,1H3;1-2H3. The first-order valence-electron chi connectivity index (χ1n) is 6.98. The second-order valence-corrected chi connectivity index (χ2v) is 4.99. The topological polar surface area (TPSA) is 0 Å². The molecule has 0 saturated heterocycles. The molecule has 88 valence electrons. The van der Waals surface area contributed by atoms with Gasteiger partial charge in [-0.3, -0.25) is 0 Å². The zero-order valence-corrected chi connectivity index (χ0v) is 10.9. The number of rotatable bonds is 0. The van der Waals surface area contributed by atoms with E-state index in [0.717, 1.165) is 11.8 Å². The SMILES string of the molecule is CC.CC1CCC2CCCc3cccc1c32. The van der Waals surface area contributed by atoms with Crippen LogP contribution in [0.3, 0.4) is 0 Å². The van der Waals surface area contributed by atoms with Crippen LogP contribution in [0.5, 0.6) is 0 Å². The summed E-state index contributed by atoms with van der Waals surface area (Å²) in [7, 11) is 0. The van der Waals surface area contributed by atoms with E-state index in [1.807, 2.05) is 13.8 Å². The number of aryl methyl sites for hydroxylation is 1. The monoisotopic (exact) mass is 216 g/mol. The van der Waals surface area contributed by atoms with Gasteiger partial charge in [-0.15, -0.1) is 0 Å². The van der Waals surface area contributed by atoms with E-state index in [1.54, 1.807) is 16.7 Å². The van der Waals surface area contributed by atoms with Gasteiger partial charge in [0.05, 0.1) is 0 Å². The van der Waals surface area contributed by atoms with Crippen molar-refractivity contribution in [1.29, 1.82) is 0 Å². The highest BCUT2D eigenvalue weighted by Crippen LogP contribution is 2.45. The van der Waals surface area contributed by atoms with Crippen molar-refractivity contribution in [2.45, 2.75) is 64.7 Å². The lowest BCUT2D eigenvalue weighted by molar-refractivity contribution is 0.446. The highest BCUT2D eigenvalue weighted by molar-refractivity contribution is 5.43. The fourth-order valence-electron chi connectivity index (χ4n) is 3.36. The molecule has 0 aromatic heterocycles. The molecular formula is C16H24. The molecule has 0 heterocycles. The van der Waals surface area contributed by atoms with Gasteiger partial charge >= 0.3 is 0 Å². The fraction of sp³-hybridized carbons (Fsp3) is 0.625. The van der Waals surface area contributed by atoms with E-state index in [4.69, 9.17) is 0 Å². The molecular weight excluding hydrogens is 192 g/mol. The van der Waals surface area contributed by atoms with Crippen molar-refractivity contribution < 1.29 is 0 Å². The largest absolute Gasteiger partial charge is 0.0683 e. The maximum absolute atomic E-state index is 2.39. The van der Waals surface area contributed by atoms with Crippen LogP contribution >= 0.6 is 0 Å². The molecule has 0 spiro atoms. The van der Waals surface area contributed by atoms with Crippen molar-refractivity contribution in [3.63, 3.8) is 0 Å². The molecule has 2 aliphatic rings. The minimum Gasteiger partial charge on any atom is -0.0683 e. The third kappa shape index (κ3) is 1.90. The van der Waals surface area contributed by atoms with Gasteiger partial charge in [0.25, 0.3) is 0 Å². The fourth-order valence-corrected chi connectivity index (χ4v) is 3.36. The summed E-state index contributed by atoms with van der Waals surface area (Å²) in [5, 5.41) is 0. The van der Waals surface area contributed by atoms with Gasteiger partial charge in [0.2, 0.25) is 0 Å². The second-order valence-electron chi connectivity index (χ2n) is 4.99. The maximum atomic E-state index is 2.39. The molecule has 3 rings (SSSR count). The third-order valence-corrected chi connectivity index (χ3v) is 4.12. The van der Waals surface area contributed by atoms with E-state index in [9.17, 15) is 0 Å². The Balaban J connectivity index is 0.000000457. The third-order valence-electron chi connectivity index (χ3n) is 4.12. The van der Waals surface area contributed by atoms with Crippen molar-refractivity contribution in [1.82, 2.24) is 0 Å². The molecule has 0 heteroatoms. The van der Waals surface area contributed by atoms with Gasteiger partial charge in [-0.25, -0.2) is 0 Å². The summed E-state index contributed by atoms with van der Waals surface area (Å²) in [6, 6.07) is 6.97. The molecule has 0 radical (unpaired) electrons. The van der Waals surface area contributed by atoms with Gasteiger partial charge in [-0.1, -0.05) is 39.0 Å².